The van der Waals surface area contributed by atoms with Crippen LogP contribution >= 0.6 is 0 Å². The van der Waals surface area contributed by atoms with Crippen molar-refractivity contribution in [2.45, 2.75) is 0 Å². The van der Waals surface area contributed by atoms with Crippen LogP contribution in [0.4, 0.5) is 4.79 Å². The fraction of sp³-hybridized carbons (Fsp3) is 0. The van der Waals surface area contributed by atoms with Gasteiger partial charge in [-0.25, -0.2) is 0 Å². The maximum atomic E-state index is 8.33. The summed E-state index contributed by atoms with van der Waals surface area (Å²) in [6.45, 7) is 0. The van der Waals surface area contributed by atoms with Crippen molar-refractivity contribution in [2.75, 3.05) is 0 Å². The third-order valence-electron chi connectivity index (χ3n) is 0. The van der Waals surface area contributed by atoms with Gasteiger partial charge >= 0.3 is 103 Å². The van der Waals surface area contributed by atoms with E-state index in [4.69, 9.17) is 15.0 Å². The summed E-state index contributed by atoms with van der Waals surface area (Å²) in [6.07, 6.45) is -2.33. The van der Waals surface area contributed by atoms with Gasteiger partial charge in [0.25, 0.3) is 0 Å². The summed E-state index contributed by atoms with van der Waals surface area (Å²) in [5.41, 5.74) is 0. The Morgan fingerprint density at radius 2 is 1.14 bits per heavy atom. The van der Waals surface area contributed by atoms with E-state index in [9.17, 15) is 0 Å². The Balaban J connectivity index is -0.0000000150. The van der Waals surface area contributed by atoms with Crippen LogP contribution in [-0.2, 0) is 0 Å². The first-order valence-electron chi connectivity index (χ1n) is 0.612. The summed E-state index contributed by atoms with van der Waals surface area (Å²) in [5.74, 6) is 0. The monoisotopic (exact) mass is 155 g/mol. The van der Waals surface area contributed by atoms with Gasteiger partial charge in [-0.05, 0) is 6.16 Å². The van der Waals surface area contributed by atoms with E-state index in [1.165, 1.54) is 0 Å². The molecule has 32 valence electrons. The zero-order chi connectivity index (χ0) is 3.58. The van der Waals surface area contributed by atoms with E-state index < -0.39 is 6.16 Å². The molecule has 0 aliphatic heterocycles. The standard InChI is InChI=1S/CH2O3.2K.H3N/c2-1(3)4;;;/h(H2,2,3,4);;;1H3/q;2*+1;/p-2. The molecule has 0 spiro atoms. The molecule has 0 aliphatic rings. The Labute approximate surface area is 126 Å². The molecular weight excluding hydrogens is 152 g/mol. The fourth-order valence-corrected chi connectivity index (χ4v) is 0. The second-order valence-electron chi connectivity index (χ2n) is 0.250. The molecule has 0 rings (SSSR count). The van der Waals surface area contributed by atoms with Crippen molar-refractivity contribution >= 4 is 6.16 Å². The van der Waals surface area contributed by atoms with Crippen molar-refractivity contribution in [3.05, 3.63) is 0 Å². The molecule has 0 saturated carbocycles. The van der Waals surface area contributed by atoms with Gasteiger partial charge in [0, 0.05) is 0 Å². The van der Waals surface area contributed by atoms with E-state index in [-0.39, 0.29) is 109 Å². The van der Waals surface area contributed by atoms with Crippen LogP contribution in [0.1, 0.15) is 0 Å². The Hall–Kier alpha value is 2.50. The van der Waals surface area contributed by atoms with Gasteiger partial charge in [0.2, 0.25) is 0 Å². The molecular formula is CH3K2NO3. The van der Waals surface area contributed by atoms with Gasteiger partial charge in [-0.3, -0.25) is 0 Å². The molecule has 0 amide bonds. The molecule has 3 N–H and O–H groups in total. The zero-order valence-corrected chi connectivity index (χ0v) is 10.7. The molecule has 6 heteroatoms. The predicted octanol–water partition coefficient (Wildman–Crippen LogP) is -8.28. The van der Waals surface area contributed by atoms with Gasteiger partial charge in [0.15, 0.2) is 0 Å². The van der Waals surface area contributed by atoms with Crippen molar-refractivity contribution in [1.29, 1.82) is 0 Å². The van der Waals surface area contributed by atoms with Gasteiger partial charge < -0.3 is 21.2 Å². The van der Waals surface area contributed by atoms with E-state index in [2.05, 4.69) is 0 Å². The average Bonchev–Trinajstić information content (AvgIpc) is 0.811. The molecule has 7 heavy (non-hydrogen) atoms. The van der Waals surface area contributed by atoms with Crippen LogP contribution in [0.3, 0.4) is 0 Å². The van der Waals surface area contributed by atoms with Crippen LogP contribution in [0.25, 0.3) is 0 Å². The van der Waals surface area contributed by atoms with Gasteiger partial charge in [0.05, 0.1) is 0 Å². The molecule has 0 fully saturated rings. The van der Waals surface area contributed by atoms with Crippen LogP contribution in [-0.4, -0.2) is 6.16 Å². The second kappa shape index (κ2) is 15.8. The normalized spacial score (nSPS) is 3.43. The molecule has 0 bridgehead atoms. The Bertz CT molecular complexity index is 35.9. The summed E-state index contributed by atoms with van der Waals surface area (Å²) in [5, 5.41) is 16.7. The molecule has 0 saturated heterocycles. The van der Waals surface area contributed by atoms with Crippen molar-refractivity contribution in [3.63, 3.8) is 0 Å². The quantitative estimate of drug-likeness (QED) is 0.351. The maximum Gasteiger partial charge on any atom is 1.00 e. The number of hydrogen-bond donors (Lipinski definition) is 1. The average molecular weight is 155 g/mol. The number of hydrogen-bond acceptors (Lipinski definition) is 4. The Morgan fingerprint density at radius 3 is 1.14 bits per heavy atom. The first kappa shape index (κ1) is 22.7. The number of rotatable bonds is 0. The van der Waals surface area contributed by atoms with Crippen LogP contribution < -0.4 is 119 Å². The number of carboxylic acid groups (broad SMARTS) is 2. The van der Waals surface area contributed by atoms with E-state index in [0.29, 0.717) is 0 Å². The third-order valence-corrected chi connectivity index (χ3v) is 0. The van der Waals surface area contributed by atoms with E-state index >= 15 is 0 Å². The summed E-state index contributed by atoms with van der Waals surface area (Å²) in [7, 11) is 0. The molecule has 0 aromatic carbocycles. The van der Waals surface area contributed by atoms with Gasteiger partial charge in [-0.2, -0.15) is 0 Å². The summed E-state index contributed by atoms with van der Waals surface area (Å²) >= 11 is 0. The zero-order valence-electron chi connectivity index (χ0n) is 4.43. The summed E-state index contributed by atoms with van der Waals surface area (Å²) in [6, 6.07) is 0. The molecule has 0 heterocycles. The number of carbonyl (C=O) groups excluding carboxylic acids is 1. The largest absolute Gasteiger partial charge is 1.00 e. The molecule has 0 aliphatic carbocycles. The van der Waals surface area contributed by atoms with Crippen LogP contribution in [0.2, 0.25) is 0 Å². The minimum Gasteiger partial charge on any atom is -0.652 e. The van der Waals surface area contributed by atoms with Crippen molar-refractivity contribution < 1.29 is 118 Å². The molecule has 0 aromatic heterocycles. The first-order valence-corrected chi connectivity index (χ1v) is 0.612. The smallest absolute Gasteiger partial charge is 0.652 e. The molecule has 0 radical (unpaired) electrons. The molecule has 0 atom stereocenters. The van der Waals surface area contributed by atoms with Crippen LogP contribution in [0.5, 0.6) is 0 Å². The minimum absolute atomic E-state index is 0. The SMILES string of the molecule is N.O=C([O-])[O-].[K+].[K+]. The van der Waals surface area contributed by atoms with Gasteiger partial charge in [-0.1, -0.05) is 0 Å². The van der Waals surface area contributed by atoms with Crippen molar-refractivity contribution in [2.24, 2.45) is 0 Å². The van der Waals surface area contributed by atoms with Gasteiger partial charge in [0.1, 0.15) is 0 Å². The fourth-order valence-electron chi connectivity index (χ4n) is 0. The number of carbonyl (C=O) groups is 1. The predicted molar refractivity (Wildman–Crippen MR) is 10.4 cm³/mol. The minimum atomic E-state index is -2.33. The van der Waals surface area contributed by atoms with E-state index in [1.807, 2.05) is 0 Å². The maximum absolute atomic E-state index is 8.33. The topological polar surface area (TPSA) is 98.2 Å². The van der Waals surface area contributed by atoms with E-state index in [0.717, 1.165) is 0 Å². The third kappa shape index (κ3) is 57.4. The molecule has 0 unspecified atom stereocenters. The Kier molecular flexibility index (Phi) is 51.2. The Morgan fingerprint density at radius 1 is 1.14 bits per heavy atom. The molecule has 0 aromatic rings. The van der Waals surface area contributed by atoms with E-state index in [1.54, 1.807) is 0 Å². The molecule has 4 nitrogen and oxygen atoms in total. The second-order valence-corrected chi connectivity index (χ2v) is 0.250. The van der Waals surface area contributed by atoms with Crippen LogP contribution in [0.15, 0.2) is 0 Å². The van der Waals surface area contributed by atoms with Gasteiger partial charge in [-0.15, -0.1) is 0 Å². The summed E-state index contributed by atoms with van der Waals surface area (Å²) < 4.78 is 0. The van der Waals surface area contributed by atoms with Crippen LogP contribution in [0, 0.1) is 0 Å². The van der Waals surface area contributed by atoms with Crippen molar-refractivity contribution in [1.82, 2.24) is 6.15 Å². The van der Waals surface area contributed by atoms with Crippen molar-refractivity contribution in [3.8, 4) is 0 Å². The first-order chi connectivity index (χ1) is 1.73. The summed E-state index contributed by atoms with van der Waals surface area (Å²) in [4.78, 5) is 8.33.